The Bertz CT molecular complexity index is 579. The van der Waals surface area contributed by atoms with E-state index in [9.17, 15) is 9.59 Å². The van der Waals surface area contributed by atoms with Crippen LogP contribution in [0.1, 0.15) is 35.2 Å². The largest absolute Gasteiger partial charge is 0.352 e. The minimum atomic E-state index is -0.0681. The van der Waals surface area contributed by atoms with Crippen molar-refractivity contribution in [3.63, 3.8) is 0 Å². The van der Waals surface area contributed by atoms with Gasteiger partial charge in [-0.25, -0.2) is 0 Å². The summed E-state index contributed by atoms with van der Waals surface area (Å²) in [6.07, 6.45) is 6.95. The molecule has 5 heteroatoms. The van der Waals surface area contributed by atoms with Crippen LogP contribution in [0.5, 0.6) is 0 Å². The molecule has 2 amide bonds. The van der Waals surface area contributed by atoms with E-state index >= 15 is 0 Å². The molecule has 0 bridgehead atoms. The first kappa shape index (κ1) is 18.2. The van der Waals surface area contributed by atoms with E-state index in [0.717, 1.165) is 31.4 Å². The van der Waals surface area contributed by atoms with Gasteiger partial charge in [0.1, 0.15) is 0 Å². The summed E-state index contributed by atoms with van der Waals surface area (Å²) in [5.74, 6) is 0.142. The first-order chi connectivity index (χ1) is 11.6. The van der Waals surface area contributed by atoms with Crippen molar-refractivity contribution in [3.05, 3.63) is 47.5 Å². The number of carbonyl (C=O) groups excluding carboxylic acids is 2. The fourth-order valence-electron chi connectivity index (χ4n) is 2.63. The molecule has 130 valence electrons. The number of allylic oxidation sites excluding steroid dienone is 2. The van der Waals surface area contributed by atoms with Crippen molar-refractivity contribution >= 4 is 11.8 Å². The van der Waals surface area contributed by atoms with Crippen LogP contribution in [0.2, 0.25) is 0 Å². The lowest BCUT2D eigenvalue weighted by atomic mass is 9.93. The van der Waals surface area contributed by atoms with Gasteiger partial charge in [0.15, 0.2) is 0 Å². The molecular weight excluding hydrogens is 302 g/mol. The second-order valence-corrected chi connectivity index (χ2v) is 6.46. The van der Waals surface area contributed by atoms with E-state index in [1.807, 2.05) is 31.1 Å². The summed E-state index contributed by atoms with van der Waals surface area (Å²) in [5, 5.41) is 5.87. The fraction of sp³-hybridized carbons (Fsp3) is 0.474. The molecule has 1 aliphatic carbocycles. The normalized spacial score (nSPS) is 16.9. The third-order valence-corrected chi connectivity index (χ3v) is 4.17. The van der Waals surface area contributed by atoms with Crippen molar-refractivity contribution in [2.75, 3.05) is 27.2 Å². The summed E-state index contributed by atoms with van der Waals surface area (Å²) in [7, 11) is 3.94. The van der Waals surface area contributed by atoms with Gasteiger partial charge >= 0.3 is 0 Å². The molecule has 0 aliphatic heterocycles. The summed E-state index contributed by atoms with van der Waals surface area (Å²) in [4.78, 5) is 26.1. The first-order valence-electron chi connectivity index (χ1n) is 8.51. The average molecular weight is 329 g/mol. The molecule has 1 aromatic rings. The molecular formula is C19H27N3O2. The van der Waals surface area contributed by atoms with Gasteiger partial charge in [-0.1, -0.05) is 24.3 Å². The second-order valence-electron chi connectivity index (χ2n) is 6.46. The molecule has 0 aromatic heterocycles. The number of amides is 2. The number of hydrogen-bond acceptors (Lipinski definition) is 3. The standard InChI is InChI=1S/C19H27N3O2/c1-22(2)13-12-20-18(23)17-10-8-15(9-11-17)14-21-19(24)16-6-4-3-5-7-16/h3-4,8-11,16H,5-7,12-14H2,1-2H3,(H,20,23)(H,21,24)/t16-/m1/s1. The Hall–Kier alpha value is -2.14. The van der Waals surface area contributed by atoms with Crippen LogP contribution in [-0.2, 0) is 11.3 Å². The quantitative estimate of drug-likeness (QED) is 0.752. The Morgan fingerprint density at radius 2 is 1.88 bits per heavy atom. The smallest absolute Gasteiger partial charge is 0.251 e. The Balaban J connectivity index is 1.78. The van der Waals surface area contributed by atoms with Crippen LogP contribution in [0.4, 0.5) is 0 Å². The molecule has 0 saturated heterocycles. The number of rotatable bonds is 7. The average Bonchev–Trinajstić information content (AvgIpc) is 2.60. The lowest BCUT2D eigenvalue weighted by molar-refractivity contribution is -0.125. The monoisotopic (exact) mass is 329 g/mol. The number of nitrogens with one attached hydrogen (secondary N) is 2. The van der Waals surface area contributed by atoms with Crippen molar-refractivity contribution < 1.29 is 9.59 Å². The van der Waals surface area contributed by atoms with Gasteiger partial charge in [-0.2, -0.15) is 0 Å². The topological polar surface area (TPSA) is 61.4 Å². The van der Waals surface area contributed by atoms with Gasteiger partial charge in [0, 0.05) is 31.1 Å². The molecule has 2 N–H and O–H groups in total. The molecule has 2 rings (SSSR count). The Kier molecular flexibility index (Phi) is 7.00. The second kappa shape index (κ2) is 9.23. The lowest BCUT2D eigenvalue weighted by Gasteiger charge is -2.17. The van der Waals surface area contributed by atoms with Gasteiger partial charge in [0.2, 0.25) is 5.91 Å². The van der Waals surface area contributed by atoms with Gasteiger partial charge in [0.05, 0.1) is 0 Å². The van der Waals surface area contributed by atoms with Crippen molar-refractivity contribution in [2.24, 2.45) is 5.92 Å². The third kappa shape index (κ3) is 5.81. The lowest BCUT2D eigenvalue weighted by Crippen LogP contribution is -2.31. The third-order valence-electron chi connectivity index (χ3n) is 4.17. The molecule has 1 aromatic carbocycles. The highest BCUT2D eigenvalue weighted by atomic mass is 16.2. The van der Waals surface area contributed by atoms with Gasteiger partial charge < -0.3 is 15.5 Å². The van der Waals surface area contributed by atoms with Crippen LogP contribution < -0.4 is 10.6 Å². The molecule has 5 nitrogen and oxygen atoms in total. The van der Waals surface area contributed by atoms with E-state index in [4.69, 9.17) is 0 Å². The first-order valence-corrected chi connectivity index (χ1v) is 8.51. The SMILES string of the molecule is CN(C)CCNC(=O)c1ccc(CNC(=O)[C@@H]2CC=CCC2)cc1. The molecule has 24 heavy (non-hydrogen) atoms. The van der Waals surface area contributed by atoms with Crippen molar-refractivity contribution in [3.8, 4) is 0 Å². The van der Waals surface area contributed by atoms with Crippen LogP contribution in [0.25, 0.3) is 0 Å². The summed E-state index contributed by atoms with van der Waals surface area (Å²) >= 11 is 0. The van der Waals surface area contributed by atoms with E-state index in [1.54, 1.807) is 12.1 Å². The number of likely N-dealkylation sites (N-methyl/N-ethyl adjacent to an activating group) is 1. The number of benzene rings is 1. The van der Waals surface area contributed by atoms with Crippen molar-refractivity contribution in [1.82, 2.24) is 15.5 Å². The van der Waals surface area contributed by atoms with Crippen LogP contribution in [0.3, 0.4) is 0 Å². The minimum absolute atomic E-state index is 0.0681. The van der Waals surface area contributed by atoms with Crippen LogP contribution >= 0.6 is 0 Å². The summed E-state index contributed by atoms with van der Waals surface area (Å²) in [5.41, 5.74) is 1.64. The molecule has 0 fully saturated rings. The maximum absolute atomic E-state index is 12.1. The number of carbonyl (C=O) groups is 2. The molecule has 0 unspecified atom stereocenters. The summed E-state index contributed by atoms with van der Waals surface area (Å²) in [6, 6.07) is 7.38. The Morgan fingerprint density at radius 1 is 1.12 bits per heavy atom. The predicted octanol–water partition coefficient (Wildman–Crippen LogP) is 1.95. The zero-order chi connectivity index (χ0) is 17.4. The molecule has 0 saturated carbocycles. The Labute approximate surface area is 144 Å². The molecule has 0 spiro atoms. The number of hydrogen-bond donors (Lipinski definition) is 2. The van der Waals surface area contributed by atoms with Gasteiger partial charge in [-0.15, -0.1) is 0 Å². The van der Waals surface area contributed by atoms with E-state index in [2.05, 4.69) is 22.8 Å². The van der Waals surface area contributed by atoms with E-state index in [-0.39, 0.29) is 17.7 Å². The highest BCUT2D eigenvalue weighted by Crippen LogP contribution is 2.18. The Morgan fingerprint density at radius 3 is 2.50 bits per heavy atom. The van der Waals surface area contributed by atoms with Crippen molar-refractivity contribution in [1.29, 1.82) is 0 Å². The molecule has 0 heterocycles. The van der Waals surface area contributed by atoms with Crippen LogP contribution in [0.15, 0.2) is 36.4 Å². The van der Waals surface area contributed by atoms with Gasteiger partial charge in [-0.05, 0) is 51.1 Å². The highest BCUT2D eigenvalue weighted by Gasteiger charge is 2.18. The van der Waals surface area contributed by atoms with E-state index < -0.39 is 0 Å². The highest BCUT2D eigenvalue weighted by molar-refractivity contribution is 5.94. The fourth-order valence-corrected chi connectivity index (χ4v) is 2.63. The maximum atomic E-state index is 12.1. The zero-order valence-corrected chi connectivity index (χ0v) is 14.5. The van der Waals surface area contributed by atoms with Crippen molar-refractivity contribution in [2.45, 2.75) is 25.8 Å². The summed E-state index contributed by atoms with van der Waals surface area (Å²) in [6.45, 7) is 1.94. The molecule has 1 atom stereocenters. The van der Waals surface area contributed by atoms with Crippen LogP contribution in [0, 0.1) is 5.92 Å². The summed E-state index contributed by atoms with van der Waals surface area (Å²) < 4.78 is 0. The zero-order valence-electron chi connectivity index (χ0n) is 14.5. The van der Waals surface area contributed by atoms with Gasteiger partial charge in [-0.3, -0.25) is 9.59 Å². The van der Waals surface area contributed by atoms with E-state index in [1.165, 1.54) is 0 Å². The maximum Gasteiger partial charge on any atom is 0.251 e. The number of nitrogens with zero attached hydrogens (tertiary/aromatic N) is 1. The minimum Gasteiger partial charge on any atom is -0.352 e. The van der Waals surface area contributed by atoms with Gasteiger partial charge in [0.25, 0.3) is 5.91 Å². The van der Waals surface area contributed by atoms with E-state index in [0.29, 0.717) is 18.7 Å². The molecule has 1 aliphatic rings. The predicted molar refractivity (Wildman–Crippen MR) is 95.7 cm³/mol. The van der Waals surface area contributed by atoms with Crippen LogP contribution in [-0.4, -0.2) is 43.9 Å². The molecule has 0 radical (unpaired) electrons.